The van der Waals surface area contributed by atoms with Crippen LogP contribution in [0.15, 0.2) is 22.7 Å². The Balaban J connectivity index is 1.74. The van der Waals surface area contributed by atoms with Crippen molar-refractivity contribution in [3.05, 3.63) is 28.2 Å². The number of anilines is 1. The van der Waals surface area contributed by atoms with Crippen molar-refractivity contribution < 1.29 is 4.79 Å². The van der Waals surface area contributed by atoms with Gasteiger partial charge in [0.05, 0.1) is 5.56 Å². The van der Waals surface area contributed by atoms with E-state index in [0.717, 1.165) is 23.4 Å². The molecule has 1 aromatic rings. The van der Waals surface area contributed by atoms with E-state index in [0.29, 0.717) is 11.3 Å². The standard InChI is InChI=1S/C15H21BrN2O/c16-12-7-8-13(14(17)10-12)15(19)18-9-3-6-11-4-1-2-5-11/h7-8,10-11H,1-6,9,17H2,(H,18,19). The second-order valence-corrected chi connectivity index (χ2v) is 6.20. The van der Waals surface area contributed by atoms with Gasteiger partial charge in [0.2, 0.25) is 0 Å². The average Bonchev–Trinajstić information content (AvgIpc) is 2.87. The summed E-state index contributed by atoms with van der Waals surface area (Å²) in [5, 5.41) is 2.95. The third-order valence-electron chi connectivity index (χ3n) is 3.81. The maximum atomic E-state index is 12.0. The van der Waals surface area contributed by atoms with Crippen molar-refractivity contribution >= 4 is 27.5 Å². The van der Waals surface area contributed by atoms with Gasteiger partial charge in [-0.05, 0) is 37.0 Å². The van der Waals surface area contributed by atoms with Gasteiger partial charge in [0.25, 0.3) is 5.91 Å². The zero-order valence-electron chi connectivity index (χ0n) is 11.1. The number of nitrogen functional groups attached to an aromatic ring is 1. The molecule has 3 nitrogen and oxygen atoms in total. The van der Waals surface area contributed by atoms with Gasteiger partial charge in [0.1, 0.15) is 0 Å². The monoisotopic (exact) mass is 324 g/mol. The summed E-state index contributed by atoms with van der Waals surface area (Å²) in [6.07, 6.45) is 7.79. The van der Waals surface area contributed by atoms with Crippen LogP contribution < -0.4 is 11.1 Å². The number of halogens is 1. The third-order valence-corrected chi connectivity index (χ3v) is 4.30. The molecule has 3 N–H and O–H groups in total. The molecule has 0 atom stereocenters. The number of hydrogen-bond acceptors (Lipinski definition) is 2. The van der Waals surface area contributed by atoms with Gasteiger partial charge in [-0.3, -0.25) is 4.79 Å². The molecular formula is C15H21BrN2O. The van der Waals surface area contributed by atoms with Crippen molar-refractivity contribution in [1.29, 1.82) is 0 Å². The van der Waals surface area contributed by atoms with Crippen molar-refractivity contribution in [3.8, 4) is 0 Å². The van der Waals surface area contributed by atoms with Crippen molar-refractivity contribution in [3.63, 3.8) is 0 Å². The molecule has 0 aliphatic heterocycles. The minimum atomic E-state index is -0.0728. The van der Waals surface area contributed by atoms with Crippen LogP contribution in [0.25, 0.3) is 0 Å². The molecule has 0 radical (unpaired) electrons. The Morgan fingerprint density at radius 2 is 2.11 bits per heavy atom. The van der Waals surface area contributed by atoms with Crippen molar-refractivity contribution in [1.82, 2.24) is 5.32 Å². The zero-order valence-corrected chi connectivity index (χ0v) is 12.7. The van der Waals surface area contributed by atoms with Crippen LogP contribution >= 0.6 is 15.9 Å². The number of nitrogens with one attached hydrogen (secondary N) is 1. The van der Waals surface area contributed by atoms with E-state index in [1.165, 1.54) is 32.1 Å². The van der Waals surface area contributed by atoms with Crippen LogP contribution in [0.1, 0.15) is 48.9 Å². The topological polar surface area (TPSA) is 55.1 Å². The molecular weight excluding hydrogens is 304 g/mol. The van der Waals surface area contributed by atoms with Crippen LogP contribution in [0, 0.1) is 5.92 Å². The first-order chi connectivity index (χ1) is 9.16. The van der Waals surface area contributed by atoms with Crippen LogP contribution in [-0.4, -0.2) is 12.5 Å². The highest BCUT2D eigenvalue weighted by Crippen LogP contribution is 2.28. The summed E-state index contributed by atoms with van der Waals surface area (Å²) in [7, 11) is 0. The van der Waals surface area contributed by atoms with Crippen LogP contribution in [-0.2, 0) is 0 Å². The second kappa shape index (κ2) is 6.94. The molecule has 104 valence electrons. The van der Waals surface area contributed by atoms with Crippen molar-refractivity contribution in [2.24, 2.45) is 5.92 Å². The van der Waals surface area contributed by atoms with E-state index in [4.69, 9.17) is 5.73 Å². The van der Waals surface area contributed by atoms with E-state index in [9.17, 15) is 4.79 Å². The van der Waals surface area contributed by atoms with Gasteiger partial charge in [0, 0.05) is 16.7 Å². The molecule has 0 aromatic heterocycles. The van der Waals surface area contributed by atoms with Crippen molar-refractivity contribution in [2.45, 2.75) is 38.5 Å². The molecule has 19 heavy (non-hydrogen) atoms. The molecule has 2 rings (SSSR count). The minimum Gasteiger partial charge on any atom is -0.398 e. The lowest BCUT2D eigenvalue weighted by atomic mass is 10.0. The maximum Gasteiger partial charge on any atom is 0.253 e. The quantitative estimate of drug-likeness (QED) is 0.640. The molecule has 1 aromatic carbocycles. The molecule has 1 aliphatic rings. The molecule has 0 spiro atoms. The van der Waals surface area contributed by atoms with E-state index in [1.54, 1.807) is 12.1 Å². The summed E-state index contributed by atoms with van der Waals surface area (Å²) in [5.41, 5.74) is 6.91. The largest absolute Gasteiger partial charge is 0.398 e. The first-order valence-corrected chi connectivity index (χ1v) is 7.79. The fourth-order valence-electron chi connectivity index (χ4n) is 2.73. The summed E-state index contributed by atoms with van der Waals surface area (Å²) >= 11 is 3.34. The Labute approximate surface area is 123 Å². The van der Waals surface area contributed by atoms with E-state index in [2.05, 4.69) is 21.2 Å². The van der Waals surface area contributed by atoms with E-state index >= 15 is 0 Å². The number of benzene rings is 1. The predicted octanol–water partition coefficient (Wildman–Crippen LogP) is 3.73. The average molecular weight is 325 g/mol. The number of carbonyl (C=O) groups excluding carboxylic acids is 1. The number of amides is 1. The van der Waals surface area contributed by atoms with Gasteiger partial charge >= 0.3 is 0 Å². The third kappa shape index (κ3) is 4.23. The van der Waals surface area contributed by atoms with E-state index in [-0.39, 0.29) is 5.91 Å². The Morgan fingerprint density at radius 3 is 2.79 bits per heavy atom. The number of nitrogens with two attached hydrogens (primary N) is 1. The van der Waals surface area contributed by atoms with Crippen LogP contribution in [0.5, 0.6) is 0 Å². The lowest BCUT2D eigenvalue weighted by molar-refractivity contribution is 0.0953. The molecule has 4 heteroatoms. The van der Waals surface area contributed by atoms with Gasteiger partial charge in [0.15, 0.2) is 0 Å². The summed E-state index contributed by atoms with van der Waals surface area (Å²) in [4.78, 5) is 12.0. The molecule has 0 unspecified atom stereocenters. The predicted molar refractivity (Wildman–Crippen MR) is 82.1 cm³/mol. The van der Waals surface area contributed by atoms with E-state index < -0.39 is 0 Å². The first kappa shape index (κ1) is 14.4. The van der Waals surface area contributed by atoms with Crippen LogP contribution in [0.2, 0.25) is 0 Å². The highest BCUT2D eigenvalue weighted by molar-refractivity contribution is 9.10. The summed E-state index contributed by atoms with van der Waals surface area (Å²) in [5.74, 6) is 0.811. The molecule has 1 aliphatic carbocycles. The fraction of sp³-hybridized carbons (Fsp3) is 0.533. The molecule has 0 saturated heterocycles. The fourth-order valence-corrected chi connectivity index (χ4v) is 3.11. The van der Waals surface area contributed by atoms with Crippen molar-refractivity contribution in [2.75, 3.05) is 12.3 Å². The highest BCUT2D eigenvalue weighted by atomic mass is 79.9. The van der Waals surface area contributed by atoms with Gasteiger partial charge in [-0.25, -0.2) is 0 Å². The van der Waals surface area contributed by atoms with Gasteiger partial charge < -0.3 is 11.1 Å². The minimum absolute atomic E-state index is 0.0728. The normalized spacial score (nSPS) is 15.6. The Bertz CT molecular complexity index is 442. The smallest absolute Gasteiger partial charge is 0.253 e. The molecule has 1 amide bonds. The Morgan fingerprint density at radius 1 is 1.37 bits per heavy atom. The number of carbonyl (C=O) groups is 1. The maximum absolute atomic E-state index is 12.0. The van der Waals surface area contributed by atoms with Gasteiger partial charge in [-0.15, -0.1) is 0 Å². The lowest BCUT2D eigenvalue weighted by Gasteiger charge is -2.10. The number of rotatable bonds is 5. The summed E-state index contributed by atoms with van der Waals surface area (Å²) < 4.78 is 0.891. The Kier molecular flexibility index (Phi) is 5.25. The number of hydrogen-bond donors (Lipinski definition) is 2. The van der Waals surface area contributed by atoms with Crippen LogP contribution in [0.4, 0.5) is 5.69 Å². The lowest BCUT2D eigenvalue weighted by Crippen LogP contribution is -2.25. The SMILES string of the molecule is Nc1cc(Br)ccc1C(=O)NCCCC1CCCC1. The molecule has 1 saturated carbocycles. The zero-order chi connectivity index (χ0) is 13.7. The summed E-state index contributed by atoms with van der Waals surface area (Å²) in [6.45, 7) is 0.741. The highest BCUT2D eigenvalue weighted by Gasteiger charge is 2.14. The first-order valence-electron chi connectivity index (χ1n) is 7.00. The van der Waals surface area contributed by atoms with Gasteiger partial charge in [-0.1, -0.05) is 41.6 Å². The van der Waals surface area contributed by atoms with E-state index in [1.807, 2.05) is 6.07 Å². The molecule has 1 fully saturated rings. The molecule has 0 bridgehead atoms. The second-order valence-electron chi connectivity index (χ2n) is 5.28. The van der Waals surface area contributed by atoms with Crippen LogP contribution in [0.3, 0.4) is 0 Å². The molecule has 0 heterocycles. The van der Waals surface area contributed by atoms with Gasteiger partial charge in [-0.2, -0.15) is 0 Å². The Hall–Kier alpha value is -1.03. The summed E-state index contributed by atoms with van der Waals surface area (Å²) in [6, 6.07) is 5.35.